The molecular formula is C60H60N2O4. The van der Waals surface area contributed by atoms with Gasteiger partial charge in [0.2, 0.25) is 6.29 Å². The number of benzene rings is 6. The first-order chi connectivity index (χ1) is 31.5. The maximum absolute atomic E-state index is 14.0. The van der Waals surface area contributed by atoms with E-state index in [1.54, 1.807) is 0 Å². The van der Waals surface area contributed by atoms with Crippen molar-refractivity contribution < 1.29 is 14.3 Å². The number of nitrogens with zero attached hydrogens (tertiary/aromatic N) is 2. The fourth-order valence-corrected chi connectivity index (χ4v) is 12.1. The first kappa shape index (κ1) is 41.3. The van der Waals surface area contributed by atoms with Crippen LogP contribution in [-0.4, -0.2) is 37.6 Å². The highest BCUT2D eigenvalue weighted by Gasteiger charge is 2.45. The maximum Gasteiger partial charge on any atom is 0.344 e. The summed E-state index contributed by atoms with van der Waals surface area (Å²) in [7, 11) is 0. The number of rotatable bonds is 4. The van der Waals surface area contributed by atoms with Crippen LogP contribution in [0.2, 0.25) is 0 Å². The van der Waals surface area contributed by atoms with Crippen molar-refractivity contribution in [1.29, 1.82) is 0 Å². The molecule has 0 bridgehead atoms. The molecule has 7 aromatic rings. The number of ether oxygens (including phenoxy) is 1. The molecule has 6 heterocycles. The molecule has 6 aromatic carbocycles. The summed E-state index contributed by atoms with van der Waals surface area (Å²) in [6, 6.07) is 36.7. The van der Waals surface area contributed by atoms with Crippen LogP contribution in [0.1, 0.15) is 114 Å². The van der Waals surface area contributed by atoms with Gasteiger partial charge in [-0.05, 0) is 151 Å². The van der Waals surface area contributed by atoms with Crippen LogP contribution in [0, 0.1) is 0 Å². The summed E-state index contributed by atoms with van der Waals surface area (Å²) in [6.07, 6.45) is 5.38. The van der Waals surface area contributed by atoms with E-state index in [1.807, 2.05) is 12.1 Å². The van der Waals surface area contributed by atoms with Crippen molar-refractivity contribution in [3.8, 4) is 39.1 Å². The summed E-state index contributed by atoms with van der Waals surface area (Å²) < 4.78 is 13.0. The fourth-order valence-electron chi connectivity index (χ4n) is 12.1. The molecule has 0 saturated heterocycles. The monoisotopic (exact) mass is 872 g/mol. The van der Waals surface area contributed by atoms with Gasteiger partial charge in [-0.3, -0.25) is 0 Å². The zero-order valence-electron chi connectivity index (χ0n) is 39.7. The lowest BCUT2D eigenvalue weighted by molar-refractivity contribution is 0.0301. The lowest BCUT2D eigenvalue weighted by Crippen LogP contribution is -2.45. The van der Waals surface area contributed by atoms with Crippen molar-refractivity contribution in [3.05, 3.63) is 147 Å². The molecule has 5 aliphatic rings. The third-order valence-electron chi connectivity index (χ3n) is 16.4. The summed E-state index contributed by atoms with van der Waals surface area (Å²) in [6.45, 7) is 22.8. The van der Waals surface area contributed by atoms with Gasteiger partial charge in [-0.1, -0.05) is 116 Å². The lowest BCUT2D eigenvalue weighted by atomic mass is 9.68. The maximum atomic E-state index is 14.0. The third-order valence-corrected chi connectivity index (χ3v) is 16.4. The van der Waals surface area contributed by atoms with Crippen LogP contribution in [-0.2, 0) is 21.7 Å². The molecule has 0 aliphatic carbocycles. The minimum absolute atomic E-state index is 0.0300. The van der Waals surface area contributed by atoms with Gasteiger partial charge in [0.15, 0.2) is 0 Å². The smallest absolute Gasteiger partial charge is 0.344 e. The highest BCUT2D eigenvalue weighted by molar-refractivity contribution is 5.95. The van der Waals surface area contributed by atoms with Gasteiger partial charge < -0.3 is 24.1 Å². The third kappa shape index (κ3) is 6.34. The Bertz CT molecular complexity index is 3310. The van der Waals surface area contributed by atoms with Crippen LogP contribution in [0.15, 0.2) is 112 Å². The molecule has 1 atom stereocenters. The fraction of sp³-hybridized carbons (Fsp3) is 0.350. The summed E-state index contributed by atoms with van der Waals surface area (Å²) in [5.41, 5.74) is 16.6. The Balaban J connectivity index is 0.890. The van der Waals surface area contributed by atoms with Crippen LogP contribution in [0.4, 0.5) is 11.4 Å². The van der Waals surface area contributed by atoms with Crippen molar-refractivity contribution >= 4 is 44.8 Å². The van der Waals surface area contributed by atoms with Gasteiger partial charge in [0.05, 0.1) is 5.56 Å². The molecule has 0 fully saturated rings. The van der Waals surface area contributed by atoms with Gasteiger partial charge in [0.25, 0.3) is 0 Å². The summed E-state index contributed by atoms with van der Waals surface area (Å²) in [4.78, 5) is 19.1. The van der Waals surface area contributed by atoms with Crippen LogP contribution >= 0.6 is 0 Å². The summed E-state index contributed by atoms with van der Waals surface area (Å²) in [5.74, 6) is 0.831. The molecule has 1 N–H and O–H groups in total. The van der Waals surface area contributed by atoms with Gasteiger partial charge in [-0.2, -0.15) is 0 Å². The molecule has 12 rings (SSSR count). The molecule has 1 aromatic heterocycles. The molecule has 6 nitrogen and oxygen atoms in total. The average molecular weight is 873 g/mol. The van der Waals surface area contributed by atoms with Crippen molar-refractivity contribution in [2.24, 2.45) is 0 Å². The highest BCUT2D eigenvalue weighted by atomic mass is 16.6. The van der Waals surface area contributed by atoms with E-state index in [1.165, 1.54) is 33.6 Å². The lowest BCUT2D eigenvalue weighted by Gasteiger charge is -2.49. The van der Waals surface area contributed by atoms with Crippen molar-refractivity contribution in [1.82, 2.24) is 0 Å². The molecule has 0 radical (unpaired) electrons. The standard InChI is InChI=1S/C60H60N2O4/c1-57(2)19-23-61-25-21-59(5,6)49-51(61)47(57)33-43-31-45(55(63)65-53(43)49)40-13-9-11-36(27-40)38-17-15-35-16-18-39(30-42(35)29-38)37-12-10-14-41(28-37)46-32-44-34-48-52-50(54(44)66-56(46)64)60(7,8)22-26-62(52)24-20-58(48,3)4/h9-18,27-34,55,63H,19-26H2,1-8H3. The molecule has 334 valence electrons. The van der Waals surface area contributed by atoms with Crippen LogP contribution in [0.5, 0.6) is 5.75 Å². The molecule has 5 aliphatic heterocycles. The molecule has 0 spiro atoms. The van der Waals surface area contributed by atoms with E-state index in [9.17, 15) is 9.90 Å². The average Bonchev–Trinajstić information content (AvgIpc) is 3.29. The van der Waals surface area contributed by atoms with E-state index in [4.69, 9.17) is 9.15 Å². The van der Waals surface area contributed by atoms with Gasteiger partial charge in [-0.15, -0.1) is 0 Å². The first-order valence-electron chi connectivity index (χ1n) is 24.2. The minimum Gasteiger partial charge on any atom is -0.460 e. The van der Waals surface area contributed by atoms with E-state index in [0.717, 1.165) is 124 Å². The predicted octanol–water partition coefficient (Wildman–Crippen LogP) is 13.5. The van der Waals surface area contributed by atoms with Crippen LogP contribution < -0.4 is 20.2 Å². The number of hydrogen-bond donors (Lipinski definition) is 1. The Kier molecular flexibility index (Phi) is 8.89. The van der Waals surface area contributed by atoms with E-state index in [0.29, 0.717) is 5.56 Å². The number of aliphatic hydroxyl groups excluding tert-OH is 1. The van der Waals surface area contributed by atoms with Gasteiger partial charge in [0, 0.05) is 65.2 Å². The Morgan fingerprint density at radius 1 is 0.530 bits per heavy atom. The van der Waals surface area contributed by atoms with Crippen LogP contribution in [0.25, 0.3) is 66.8 Å². The molecule has 1 unspecified atom stereocenters. The normalized spacial score (nSPS) is 20.6. The van der Waals surface area contributed by atoms with E-state index >= 15 is 0 Å². The minimum atomic E-state index is -1.08. The Morgan fingerprint density at radius 2 is 1.05 bits per heavy atom. The Labute approximate surface area is 388 Å². The highest BCUT2D eigenvalue weighted by Crippen LogP contribution is 2.56. The van der Waals surface area contributed by atoms with E-state index < -0.39 is 6.29 Å². The van der Waals surface area contributed by atoms with Gasteiger partial charge >= 0.3 is 5.63 Å². The molecule has 6 heteroatoms. The second kappa shape index (κ2) is 14.2. The summed E-state index contributed by atoms with van der Waals surface area (Å²) >= 11 is 0. The number of hydrogen-bond acceptors (Lipinski definition) is 6. The van der Waals surface area contributed by atoms with E-state index in [-0.39, 0.29) is 27.3 Å². The largest absolute Gasteiger partial charge is 0.460 e. The Hall–Kier alpha value is -6.11. The second-order valence-corrected chi connectivity index (χ2v) is 22.6. The Morgan fingerprint density at radius 3 is 1.68 bits per heavy atom. The van der Waals surface area contributed by atoms with Gasteiger partial charge in [0.1, 0.15) is 11.3 Å². The SMILES string of the molecule is CC1(C)CCN2CCC(C)(C)c3c4c(cc1c32)C=C(c1cccc(-c2ccc3ccc(-c5cccc(-c6cc7cc8c9c(c7oc6=O)C(C)(C)CCN9CCC8(C)C)c5)cc3c2)c1)C(O)O4. The van der Waals surface area contributed by atoms with Crippen molar-refractivity contribution in [2.75, 3.05) is 36.0 Å². The van der Waals surface area contributed by atoms with Crippen LogP contribution in [0.3, 0.4) is 0 Å². The van der Waals surface area contributed by atoms with Crippen molar-refractivity contribution in [3.63, 3.8) is 0 Å². The van der Waals surface area contributed by atoms with Gasteiger partial charge in [-0.25, -0.2) is 4.79 Å². The quantitative estimate of drug-likeness (QED) is 0.178. The number of fused-ring (bicyclic) bond motifs is 5. The number of aliphatic hydroxyl groups is 1. The molecule has 0 saturated carbocycles. The first-order valence-corrected chi connectivity index (χ1v) is 24.2. The summed E-state index contributed by atoms with van der Waals surface area (Å²) in [5, 5.41) is 15.0. The molecule has 66 heavy (non-hydrogen) atoms. The zero-order chi connectivity index (χ0) is 45.7. The number of anilines is 2. The molecule has 0 amide bonds. The topological polar surface area (TPSA) is 66.2 Å². The van der Waals surface area contributed by atoms with Crippen molar-refractivity contribution in [2.45, 2.75) is 109 Å². The zero-order valence-corrected chi connectivity index (χ0v) is 39.7. The second-order valence-electron chi connectivity index (χ2n) is 22.6. The van der Waals surface area contributed by atoms with E-state index in [2.05, 4.69) is 162 Å². The molecular weight excluding hydrogens is 813 g/mol. The predicted molar refractivity (Wildman–Crippen MR) is 272 cm³/mol.